The van der Waals surface area contributed by atoms with Gasteiger partial charge < -0.3 is 4.42 Å². The van der Waals surface area contributed by atoms with Gasteiger partial charge in [-0.15, -0.1) is 10.2 Å². The molecule has 0 aliphatic rings. The van der Waals surface area contributed by atoms with Crippen LogP contribution in [0, 0.1) is 13.8 Å². The number of aryl methyl sites for hydroxylation is 2. The minimum atomic E-state index is -0.345. The molecule has 0 saturated heterocycles. The van der Waals surface area contributed by atoms with Gasteiger partial charge in [-0.1, -0.05) is 35.5 Å². The molecule has 0 spiro atoms. The molecule has 1 unspecified atom stereocenters. The highest BCUT2D eigenvalue weighted by Gasteiger charge is 2.21. The van der Waals surface area contributed by atoms with Gasteiger partial charge in [0.05, 0.1) is 6.04 Å². The van der Waals surface area contributed by atoms with E-state index < -0.39 is 0 Å². The van der Waals surface area contributed by atoms with Crippen molar-refractivity contribution in [2.45, 2.75) is 37.7 Å². The summed E-state index contributed by atoms with van der Waals surface area (Å²) in [6, 6.07) is 13.3. The van der Waals surface area contributed by atoms with Crippen molar-refractivity contribution in [3.8, 4) is 5.69 Å². The van der Waals surface area contributed by atoms with Crippen LogP contribution in [0.4, 0.5) is 0 Å². The molecule has 166 valence electrons. The Morgan fingerprint density at radius 2 is 1.84 bits per heavy atom. The van der Waals surface area contributed by atoms with Crippen molar-refractivity contribution in [1.29, 1.82) is 0 Å². The maximum Gasteiger partial charge on any atom is 0.336 e. The zero-order valence-electron chi connectivity index (χ0n) is 18.7. The molecule has 0 bridgehead atoms. The van der Waals surface area contributed by atoms with E-state index in [0.29, 0.717) is 16.4 Å². The standard InChI is InChI=1S/C24H25ClN4O2S/c1-14-6-11-20-17(12-21(30)31-22(20)15(14)2)13-32-24-27-26-23(16(3)28(4)5)29(24)19-9-7-18(25)8-10-19/h6-12,16H,13H2,1-5H3. The van der Waals surface area contributed by atoms with Gasteiger partial charge in [0.25, 0.3) is 0 Å². The SMILES string of the molecule is Cc1ccc2c(CSc3nnc(C(C)N(C)C)n3-c3ccc(Cl)cc3)cc(=O)oc2c1C. The first kappa shape index (κ1) is 22.6. The molecule has 6 nitrogen and oxygen atoms in total. The first-order valence-electron chi connectivity index (χ1n) is 10.3. The second-order valence-electron chi connectivity index (χ2n) is 8.06. The molecule has 0 saturated carbocycles. The molecule has 0 radical (unpaired) electrons. The van der Waals surface area contributed by atoms with Gasteiger partial charge >= 0.3 is 5.63 Å². The predicted molar refractivity (Wildman–Crippen MR) is 130 cm³/mol. The van der Waals surface area contributed by atoms with Crippen LogP contribution < -0.4 is 5.63 Å². The predicted octanol–water partition coefficient (Wildman–Crippen LogP) is 5.56. The summed E-state index contributed by atoms with van der Waals surface area (Å²) in [4.78, 5) is 14.3. The van der Waals surface area contributed by atoms with Crippen LogP contribution in [0.1, 0.15) is 35.5 Å². The van der Waals surface area contributed by atoms with Crippen LogP contribution in [-0.2, 0) is 5.75 Å². The lowest BCUT2D eigenvalue weighted by atomic mass is 10.0. The maximum absolute atomic E-state index is 12.2. The van der Waals surface area contributed by atoms with Gasteiger partial charge in [-0.3, -0.25) is 9.47 Å². The summed E-state index contributed by atoms with van der Waals surface area (Å²) in [5.41, 5.74) is 4.23. The van der Waals surface area contributed by atoms with E-state index in [2.05, 4.69) is 32.7 Å². The number of rotatable bonds is 6. The molecule has 4 rings (SSSR count). The number of nitrogens with zero attached hydrogens (tertiary/aromatic N) is 4. The van der Waals surface area contributed by atoms with Crippen LogP contribution in [-0.4, -0.2) is 33.8 Å². The Labute approximate surface area is 196 Å². The Kier molecular flexibility index (Phi) is 6.42. The quantitative estimate of drug-likeness (QED) is 0.272. The fraction of sp³-hybridized carbons (Fsp3) is 0.292. The van der Waals surface area contributed by atoms with Gasteiger partial charge in [-0.05, 0) is 75.8 Å². The topological polar surface area (TPSA) is 64.2 Å². The van der Waals surface area contributed by atoms with Crippen molar-refractivity contribution in [1.82, 2.24) is 19.7 Å². The van der Waals surface area contributed by atoms with E-state index in [1.54, 1.807) is 17.8 Å². The van der Waals surface area contributed by atoms with E-state index in [0.717, 1.165) is 38.7 Å². The number of thioether (sulfide) groups is 1. The third-order valence-corrected chi connectivity index (χ3v) is 7.00. The zero-order chi connectivity index (χ0) is 23.0. The molecule has 8 heteroatoms. The van der Waals surface area contributed by atoms with Gasteiger partial charge in [0.2, 0.25) is 0 Å². The minimum absolute atomic E-state index is 0.0581. The lowest BCUT2D eigenvalue weighted by Crippen LogP contribution is -2.20. The molecule has 0 N–H and O–H groups in total. The number of benzene rings is 2. The van der Waals surface area contributed by atoms with Crippen LogP contribution in [0.2, 0.25) is 5.02 Å². The van der Waals surface area contributed by atoms with E-state index in [-0.39, 0.29) is 11.7 Å². The van der Waals surface area contributed by atoms with E-state index in [1.807, 2.05) is 58.3 Å². The molecule has 2 heterocycles. The maximum atomic E-state index is 12.2. The molecule has 0 amide bonds. The van der Waals surface area contributed by atoms with Gasteiger partial charge in [-0.25, -0.2) is 4.79 Å². The molecule has 4 aromatic rings. The largest absolute Gasteiger partial charge is 0.422 e. The monoisotopic (exact) mass is 468 g/mol. The number of hydrogen-bond donors (Lipinski definition) is 0. The highest BCUT2D eigenvalue weighted by Crippen LogP contribution is 2.31. The average Bonchev–Trinajstić information content (AvgIpc) is 3.18. The molecule has 0 aliphatic heterocycles. The van der Waals surface area contributed by atoms with Crippen molar-refractivity contribution >= 4 is 34.3 Å². The molecule has 0 fully saturated rings. The second-order valence-corrected chi connectivity index (χ2v) is 9.43. The van der Waals surface area contributed by atoms with Crippen LogP contribution >= 0.6 is 23.4 Å². The fourth-order valence-electron chi connectivity index (χ4n) is 3.50. The number of halogens is 1. The summed E-state index contributed by atoms with van der Waals surface area (Å²) >= 11 is 7.65. The van der Waals surface area contributed by atoms with Gasteiger partial charge in [0.15, 0.2) is 11.0 Å². The lowest BCUT2D eigenvalue weighted by Gasteiger charge is -2.20. The minimum Gasteiger partial charge on any atom is -0.422 e. The molecule has 1 atom stereocenters. The van der Waals surface area contributed by atoms with E-state index in [1.165, 1.54) is 0 Å². The van der Waals surface area contributed by atoms with E-state index in [4.69, 9.17) is 16.0 Å². The summed E-state index contributed by atoms with van der Waals surface area (Å²) in [7, 11) is 4.02. The molecular formula is C24H25ClN4O2S. The van der Waals surface area contributed by atoms with Crippen molar-refractivity contribution < 1.29 is 4.42 Å². The molecular weight excluding hydrogens is 444 g/mol. The number of fused-ring (bicyclic) bond motifs is 1. The molecule has 0 aliphatic carbocycles. The summed E-state index contributed by atoms with van der Waals surface area (Å²) in [5.74, 6) is 1.40. The first-order valence-corrected chi connectivity index (χ1v) is 11.7. The molecule has 2 aromatic heterocycles. The fourth-order valence-corrected chi connectivity index (χ4v) is 4.57. The van der Waals surface area contributed by atoms with Crippen LogP contribution in [0.3, 0.4) is 0 Å². The molecule has 32 heavy (non-hydrogen) atoms. The number of hydrogen-bond acceptors (Lipinski definition) is 6. The smallest absolute Gasteiger partial charge is 0.336 e. The second kappa shape index (κ2) is 9.10. The third-order valence-electron chi connectivity index (χ3n) is 5.77. The van der Waals surface area contributed by atoms with E-state index >= 15 is 0 Å². The summed E-state index contributed by atoms with van der Waals surface area (Å²) in [6.07, 6.45) is 0. The average molecular weight is 469 g/mol. The highest BCUT2D eigenvalue weighted by molar-refractivity contribution is 7.98. The highest BCUT2D eigenvalue weighted by atomic mass is 35.5. The number of aromatic nitrogens is 3. The van der Waals surface area contributed by atoms with Crippen molar-refractivity contribution in [3.05, 3.63) is 80.4 Å². The Morgan fingerprint density at radius 1 is 1.12 bits per heavy atom. The van der Waals surface area contributed by atoms with Gasteiger partial charge in [-0.2, -0.15) is 0 Å². The van der Waals surface area contributed by atoms with Crippen molar-refractivity contribution in [3.63, 3.8) is 0 Å². The lowest BCUT2D eigenvalue weighted by molar-refractivity contribution is 0.305. The summed E-state index contributed by atoms with van der Waals surface area (Å²) in [5, 5.41) is 11.3. The van der Waals surface area contributed by atoms with Crippen LogP contribution in [0.25, 0.3) is 16.7 Å². The van der Waals surface area contributed by atoms with Crippen LogP contribution in [0.15, 0.2) is 56.8 Å². The third kappa shape index (κ3) is 4.33. The normalized spacial score (nSPS) is 12.6. The summed E-state index contributed by atoms with van der Waals surface area (Å²) in [6.45, 7) is 6.08. The Balaban J connectivity index is 1.75. The van der Waals surface area contributed by atoms with Crippen molar-refractivity contribution in [2.75, 3.05) is 14.1 Å². The van der Waals surface area contributed by atoms with Gasteiger partial charge in [0.1, 0.15) is 5.58 Å². The van der Waals surface area contributed by atoms with Crippen molar-refractivity contribution in [2.24, 2.45) is 0 Å². The zero-order valence-corrected chi connectivity index (χ0v) is 20.3. The Hall–Kier alpha value is -2.61. The van der Waals surface area contributed by atoms with Gasteiger partial charge in [0, 0.05) is 27.9 Å². The van der Waals surface area contributed by atoms with Crippen LogP contribution in [0.5, 0.6) is 0 Å². The summed E-state index contributed by atoms with van der Waals surface area (Å²) < 4.78 is 7.57. The first-order chi connectivity index (χ1) is 15.3. The Morgan fingerprint density at radius 3 is 2.53 bits per heavy atom. The molecule has 2 aromatic carbocycles. The Bertz CT molecular complexity index is 1330. The van der Waals surface area contributed by atoms with E-state index in [9.17, 15) is 4.79 Å².